The summed E-state index contributed by atoms with van der Waals surface area (Å²) >= 11 is 0.964. The molecule has 3 rings (SSSR count). The van der Waals surface area contributed by atoms with Crippen LogP contribution in [0, 0.1) is 20.8 Å². The van der Waals surface area contributed by atoms with Crippen LogP contribution in [0.2, 0.25) is 0 Å². The Morgan fingerprint density at radius 3 is 2.25 bits per heavy atom. The SMILES string of the molecule is CC(=O)c1c(C)[nH]c(C(=O)COC(=O)c2sc(-c3ccc(C(F)(F)F)cc3)nc2C)c1C. The van der Waals surface area contributed by atoms with Crippen molar-refractivity contribution in [1.29, 1.82) is 0 Å². The number of nitrogens with zero attached hydrogens (tertiary/aromatic N) is 1. The molecule has 2 aromatic heterocycles. The number of ether oxygens (including phenoxy) is 1. The molecular formula is C22H19F3N2O4S. The van der Waals surface area contributed by atoms with Crippen molar-refractivity contribution in [2.24, 2.45) is 0 Å². The first kappa shape index (κ1) is 23.4. The lowest BCUT2D eigenvalue weighted by atomic mass is 10.1. The van der Waals surface area contributed by atoms with E-state index in [4.69, 9.17) is 4.74 Å². The molecule has 2 heterocycles. The first-order valence-electron chi connectivity index (χ1n) is 9.45. The molecule has 0 atom stereocenters. The molecular weight excluding hydrogens is 445 g/mol. The van der Waals surface area contributed by atoms with E-state index in [9.17, 15) is 27.6 Å². The molecule has 0 amide bonds. The van der Waals surface area contributed by atoms with Gasteiger partial charge in [-0.25, -0.2) is 9.78 Å². The Labute approximate surface area is 185 Å². The first-order chi connectivity index (χ1) is 14.9. The number of alkyl halides is 3. The van der Waals surface area contributed by atoms with Crippen LogP contribution in [0.5, 0.6) is 0 Å². The van der Waals surface area contributed by atoms with Gasteiger partial charge in [0.2, 0.25) is 5.78 Å². The van der Waals surface area contributed by atoms with Crippen molar-refractivity contribution in [2.45, 2.75) is 33.9 Å². The monoisotopic (exact) mass is 464 g/mol. The highest BCUT2D eigenvalue weighted by Gasteiger charge is 2.30. The molecule has 10 heteroatoms. The third-order valence-corrected chi connectivity index (χ3v) is 6.03. The summed E-state index contributed by atoms with van der Waals surface area (Å²) in [6.45, 7) is 5.75. The van der Waals surface area contributed by atoms with Crippen molar-refractivity contribution in [1.82, 2.24) is 9.97 Å². The van der Waals surface area contributed by atoms with E-state index in [0.717, 1.165) is 23.5 Å². The number of benzene rings is 1. The van der Waals surface area contributed by atoms with Crippen molar-refractivity contribution in [3.05, 3.63) is 62.9 Å². The maximum absolute atomic E-state index is 12.7. The number of hydrogen-bond donors (Lipinski definition) is 1. The zero-order valence-corrected chi connectivity index (χ0v) is 18.5. The lowest BCUT2D eigenvalue weighted by molar-refractivity contribution is -0.137. The zero-order chi connectivity index (χ0) is 23.8. The molecule has 168 valence electrons. The van der Waals surface area contributed by atoms with Crippen LogP contribution < -0.4 is 0 Å². The summed E-state index contributed by atoms with van der Waals surface area (Å²) in [5.41, 5.74) is 1.67. The third-order valence-electron chi connectivity index (χ3n) is 4.84. The van der Waals surface area contributed by atoms with Crippen LogP contribution in [0.25, 0.3) is 10.6 Å². The molecule has 3 aromatic rings. The average molecular weight is 464 g/mol. The van der Waals surface area contributed by atoms with Crippen molar-refractivity contribution in [3.8, 4) is 10.6 Å². The van der Waals surface area contributed by atoms with Gasteiger partial charge in [-0.15, -0.1) is 11.3 Å². The van der Waals surface area contributed by atoms with Crippen molar-refractivity contribution in [2.75, 3.05) is 6.61 Å². The fourth-order valence-electron chi connectivity index (χ4n) is 3.34. The zero-order valence-electron chi connectivity index (χ0n) is 17.6. The van der Waals surface area contributed by atoms with Crippen molar-refractivity contribution in [3.63, 3.8) is 0 Å². The summed E-state index contributed by atoms with van der Waals surface area (Å²) in [5.74, 6) is -1.43. The molecule has 0 fully saturated rings. The molecule has 1 aromatic carbocycles. The standard InChI is InChI=1S/C22H19F3N2O4S/c1-10-17(13(4)28)11(2)26-18(10)16(29)9-31-21(30)19-12(3)27-20(32-19)14-5-7-15(8-6-14)22(23,24)25/h5-8,26H,9H2,1-4H3. The van der Waals surface area contributed by atoms with Crippen LogP contribution in [-0.2, 0) is 10.9 Å². The number of aromatic amines is 1. The quantitative estimate of drug-likeness (QED) is 0.394. The van der Waals surface area contributed by atoms with Gasteiger partial charge in [0.1, 0.15) is 9.88 Å². The highest BCUT2D eigenvalue weighted by Crippen LogP contribution is 2.33. The van der Waals surface area contributed by atoms with E-state index in [2.05, 4.69) is 9.97 Å². The van der Waals surface area contributed by atoms with Crippen LogP contribution in [0.1, 0.15) is 60.0 Å². The Bertz CT molecular complexity index is 1210. The summed E-state index contributed by atoms with van der Waals surface area (Å²) in [6.07, 6.45) is -4.44. The van der Waals surface area contributed by atoms with Crippen LogP contribution in [0.3, 0.4) is 0 Å². The predicted octanol–water partition coefficient (Wildman–Crippen LogP) is 5.32. The van der Waals surface area contributed by atoms with Gasteiger partial charge >= 0.3 is 12.1 Å². The summed E-state index contributed by atoms with van der Waals surface area (Å²) in [7, 11) is 0. The first-order valence-corrected chi connectivity index (χ1v) is 10.3. The number of carbonyl (C=O) groups is 3. The number of rotatable bonds is 6. The van der Waals surface area contributed by atoms with Gasteiger partial charge in [0.25, 0.3) is 0 Å². The van der Waals surface area contributed by atoms with Gasteiger partial charge < -0.3 is 9.72 Å². The average Bonchev–Trinajstić information content (AvgIpc) is 3.24. The number of carbonyl (C=O) groups excluding carboxylic acids is 3. The van der Waals surface area contributed by atoms with Crippen LogP contribution in [-0.4, -0.2) is 34.1 Å². The molecule has 0 aliphatic carbocycles. The van der Waals surface area contributed by atoms with E-state index in [1.807, 2.05) is 0 Å². The van der Waals surface area contributed by atoms with Gasteiger partial charge in [0, 0.05) is 16.8 Å². The molecule has 0 radical (unpaired) electrons. The second-order valence-corrected chi connectivity index (χ2v) is 8.19. The van der Waals surface area contributed by atoms with Gasteiger partial charge in [-0.2, -0.15) is 13.2 Å². The van der Waals surface area contributed by atoms with E-state index >= 15 is 0 Å². The minimum Gasteiger partial charge on any atom is -0.453 e. The highest BCUT2D eigenvalue weighted by atomic mass is 32.1. The Kier molecular flexibility index (Phi) is 6.36. The summed E-state index contributed by atoms with van der Waals surface area (Å²) < 4.78 is 43.3. The summed E-state index contributed by atoms with van der Waals surface area (Å²) in [4.78, 5) is 43.9. The molecule has 0 spiro atoms. The smallest absolute Gasteiger partial charge is 0.416 e. The molecule has 32 heavy (non-hydrogen) atoms. The molecule has 1 N–H and O–H groups in total. The molecule has 0 saturated carbocycles. The molecule has 0 aliphatic rings. The van der Waals surface area contributed by atoms with Gasteiger partial charge in [0.05, 0.1) is 17.0 Å². The molecule has 0 aliphatic heterocycles. The van der Waals surface area contributed by atoms with Crippen LogP contribution in [0.4, 0.5) is 13.2 Å². The normalized spacial score (nSPS) is 11.5. The van der Waals surface area contributed by atoms with Gasteiger partial charge in [-0.3, -0.25) is 9.59 Å². The number of aryl methyl sites for hydroxylation is 2. The fourth-order valence-corrected chi connectivity index (χ4v) is 4.30. The van der Waals surface area contributed by atoms with Crippen molar-refractivity contribution >= 4 is 28.9 Å². The Morgan fingerprint density at radius 1 is 1.09 bits per heavy atom. The Balaban J connectivity index is 1.73. The van der Waals surface area contributed by atoms with Crippen LogP contribution >= 0.6 is 11.3 Å². The second kappa shape index (κ2) is 8.70. The van der Waals surface area contributed by atoms with Crippen LogP contribution in [0.15, 0.2) is 24.3 Å². The number of aromatic nitrogens is 2. The lowest BCUT2D eigenvalue weighted by Gasteiger charge is -2.06. The predicted molar refractivity (Wildman–Crippen MR) is 112 cm³/mol. The number of thiazole rings is 1. The number of halogens is 3. The summed E-state index contributed by atoms with van der Waals surface area (Å²) in [5, 5.41) is 0.358. The minimum atomic E-state index is -4.44. The molecule has 0 unspecified atom stereocenters. The van der Waals surface area contributed by atoms with Gasteiger partial charge in [0.15, 0.2) is 12.4 Å². The number of esters is 1. The fraction of sp³-hybridized carbons (Fsp3) is 0.273. The molecule has 6 nitrogen and oxygen atoms in total. The maximum Gasteiger partial charge on any atom is 0.416 e. The largest absolute Gasteiger partial charge is 0.453 e. The number of nitrogens with one attached hydrogen (secondary N) is 1. The number of H-pyrrole nitrogens is 1. The number of ketones is 2. The second-order valence-electron chi connectivity index (χ2n) is 7.19. The van der Waals surface area contributed by atoms with E-state index in [-0.39, 0.29) is 16.4 Å². The van der Waals surface area contributed by atoms with Gasteiger partial charge in [-0.1, -0.05) is 12.1 Å². The topological polar surface area (TPSA) is 89.1 Å². The minimum absolute atomic E-state index is 0.150. The lowest BCUT2D eigenvalue weighted by Crippen LogP contribution is -2.15. The number of hydrogen-bond acceptors (Lipinski definition) is 6. The van der Waals surface area contributed by atoms with Gasteiger partial charge in [-0.05, 0) is 45.4 Å². The Morgan fingerprint density at radius 2 is 1.72 bits per heavy atom. The van der Waals surface area contributed by atoms with E-state index in [1.54, 1.807) is 20.8 Å². The molecule has 0 bridgehead atoms. The van der Waals surface area contributed by atoms with E-state index in [1.165, 1.54) is 19.1 Å². The highest BCUT2D eigenvalue weighted by molar-refractivity contribution is 7.17. The van der Waals surface area contributed by atoms with Crippen molar-refractivity contribution < 1.29 is 32.3 Å². The summed E-state index contributed by atoms with van der Waals surface area (Å²) in [6, 6.07) is 4.45. The number of Topliss-reactive ketones (excluding diaryl/α,β-unsaturated/α-hetero) is 2. The van der Waals surface area contributed by atoms with E-state index in [0.29, 0.717) is 33.1 Å². The molecule has 0 saturated heterocycles. The maximum atomic E-state index is 12.7. The van der Waals surface area contributed by atoms with E-state index < -0.39 is 30.1 Å². The Hall–Kier alpha value is -3.27. The third kappa shape index (κ3) is 4.64.